The highest BCUT2D eigenvalue weighted by Crippen LogP contribution is 2.47. The summed E-state index contributed by atoms with van der Waals surface area (Å²) in [5.41, 5.74) is 1.07. The number of piperidine rings is 1. The van der Waals surface area contributed by atoms with Gasteiger partial charge in [-0.25, -0.2) is 0 Å². The highest BCUT2D eigenvalue weighted by atomic mass is 16.5. The van der Waals surface area contributed by atoms with Crippen LogP contribution < -0.4 is 10.1 Å². The maximum atomic E-state index is 13.1. The average molecular weight is 328 g/mol. The molecule has 2 aliphatic rings. The summed E-state index contributed by atoms with van der Waals surface area (Å²) in [6, 6.07) is 7.33. The van der Waals surface area contributed by atoms with E-state index < -0.39 is 5.41 Å². The Kier molecular flexibility index (Phi) is 4.60. The van der Waals surface area contributed by atoms with E-state index in [1.807, 2.05) is 31.2 Å². The van der Waals surface area contributed by atoms with Crippen LogP contribution in [0.25, 0.3) is 0 Å². The Bertz CT molecular complexity index is 666. The SMILES string of the molecule is CCN1C(=O)CCC2(C(=O)Nc3ccc(OC)cc3)CCCC=C12. The van der Waals surface area contributed by atoms with Crippen LogP contribution in [-0.2, 0) is 9.59 Å². The fourth-order valence-electron chi connectivity index (χ4n) is 3.79. The highest BCUT2D eigenvalue weighted by molar-refractivity contribution is 5.99. The number of methoxy groups -OCH3 is 1. The molecular formula is C19H24N2O3. The predicted molar refractivity (Wildman–Crippen MR) is 92.6 cm³/mol. The van der Waals surface area contributed by atoms with Crippen LogP contribution >= 0.6 is 0 Å². The predicted octanol–water partition coefficient (Wildman–Crippen LogP) is 3.33. The Morgan fingerprint density at radius 3 is 2.71 bits per heavy atom. The summed E-state index contributed by atoms with van der Waals surface area (Å²) in [7, 11) is 1.62. The van der Waals surface area contributed by atoms with Gasteiger partial charge in [0, 0.05) is 24.4 Å². The molecule has 128 valence electrons. The molecule has 0 aromatic heterocycles. The highest BCUT2D eigenvalue weighted by Gasteiger charge is 2.49. The minimum Gasteiger partial charge on any atom is -0.497 e. The zero-order valence-electron chi connectivity index (χ0n) is 14.3. The second-order valence-corrected chi connectivity index (χ2v) is 6.38. The summed E-state index contributed by atoms with van der Waals surface area (Å²) in [6.07, 6.45) is 5.81. The molecule has 0 spiro atoms. The van der Waals surface area contributed by atoms with E-state index in [0.717, 1.165) is 36.4 Å². The molecule has 1 aromatic carbocycles. The van der Waals surface area contributed by atoms with Crippen molar-refractivity contribution < 1.29 is 14.3 Å². The number of nitrogens with zero attached hydrogens (tertiary/aromatic N) is 1. The van der Waals surface area contributed by atoms with E-state index in [0.29, 0.717) is 19.4 Å². The summed E-state index contributed by atoms with van der Waals surface area (Å²) < 4.78 is 5.15. The summed E-state index contributed by atoms with van der Waals surface area (Å²) in [4.78, 5) is 27.1. The van der Waals surface area contributed by atoms with Gasteiger partial charge in [-0.15, -0.1) is 0 Å². The van der Waals surface area contributed by atoms with Crippen LogP contribution in [0.3, 0.4) is 0 Å². The van der Waals surface area contributed by atoms with Gasteiger partial charge >= 0.3 is 0 Å². The second-order valence-electron chi connectivity index (χ2n) is 6.38. The number of likely N-dealkylation sites (tertiary alicyclic amines) is 1. The van der Waals surface area contributed by atoms with Crippen LogP contribution in [0, 0.1) is 5.41 Å². The molecule has 5 heteroatoms. The number of hydrogen-bond acceptors (Lipinski definition) is 3. The van der Waals surface area contributed by atoms with Crippen molar-refractivity contribution in [3.05, 3.63) is 36.0 Å². The van der Waals surface area contributed by atoms with Crippen molar-refractivity contribution >= 4 is 17.5 Å². The first-order valence-electron chi connectivity index (χ1n) is 8.57. The number of carbonyl (C=O) groups excluding carboxylic acids is 2. The molecule has 1 aliphatic heterocycles. The molecular weight excluding hydrogens is 304 g/mol. The Labute approximate surface area is 142 Å². The first-order valence-corrected chi connectivity index (χ1v) is 8.57. The lowest BCUT2D eigenvalue weighted by atomic mass is 9.69. The van der Waals surface area contributed by atoms with Gasteiger partial charge in [-0.1, -0.05) is 6.08 Å². The molecule has 3 rings (SSSR count). The number of nitrogens with one attached hydrogen (secondary N) is 1. The molecule has 1 aliphatic carbocycles. The van der Waals surface area contributed by atoms with E-state index in [4.69, 9.17) is 4.74 Å². The van der Waals surface area contributed by atoms with Crippen LogP contribution in [0.1, 0.15) is 39.0 Å². The quantitative estimate of drug-likeness (QED) is 0.922. The normalized spacial score (nSPS) is 23.3. The van der Waals surface area contributed by atoms with Crippen LogP contribution in [0.2, 0.25) is 0 Å². The molecule has 0 saturated carbocycles. The zero-order valence-corrected chi connectivity index (χ0v) is 14.3. The number of allylic oxidation sites excluding steroid dienone is 1. The van der Waals surface area contributed by atoms with Crippen molar-refractivity contribution in [1.29, 1.82) is 0 Å². The molecule has 5 nitrogen and oxygen atoms in total. The smallest absolute Gasteiger partial charge is 0.236 e. The van der Waals surface area contributed by atoms with E-state index in [1.165, 1.54) is 0 Å². The van der Waals surface area contributed by atoms with Gasteiger partial charge in [0.15, 0.2) is 0 Å². The lowest BCUT2D eigenvalue weighted by molar-refractivity contribution is -0.138. The molecule has 1 N–H and O–H groups in total. The van der Waals surface area contributed by atoms with E-state index in [9.17, 15) is 9.59 Å². The Morgan fingerprint density at radius 1 is 1.29 bits per heavy atom. The third-order valence-corrected chi connectivity index (χ3v) is 5.09. The van der Waals surface area contributed by atoms with Crippen molar-refractivity contribution in [1.82, 2.24) is 4.90 Å². The Morgan fingerprint density at radius 2 is 2.04 bits per heavy atom. The summed E-state index contributed by atoms with van der Waals surface area (Å²) >= 11 is 0. The first-order chi connectivity index (χ1) is 11.6. The van der Waals surface area contributed by atoms with Crippen LogP contribution in [-0.4, -0.2) is 30.4 Å². The summed E-state index contributed by atoms with van der Waals surface area (Å²) in [5, 5.41) is 3.04. The van der Waals surface area contributed by atoms with Gasteiger partial charge in [0.05, 0.1) is 12.5 Å². The molecule has 1 saturated heterocycles. The molecule has 0 radical (unpaired) electrons. The maximum absolute atomic E-state index is 13.1. The van der Waals surface area contributed by atoms with Crippen LogP contribution in [0.5, 0.6) is 5.75 Å². The van der Waals surface area contributed by atoms with Crippen molar-refractivity contribution in [2.45, 2.75) is 39.0 Å². The van der Waals surface area contributed by atoms with Gasteiger partial charge in [-0.05, 0) is 56.9 Å². The molecule has 24 heavy (non-hydrogen) atoms. The number of benzene rings is 1. The fourth-order valence-corrected chi connectivity index (χ4v) is 3.79. The van der Waals surface area contributed by atoms with E-state index >= 15 is 0 Å². The number of anilines is 1. The van der Waals surface area contributed by atoms with Crippen molar-refractivity contribution in [2.75, 3.05) is 19.0 Å². The zero-order chi connectivity index (χ0) is 17.2. The van der Waals surface area contributed by atoms with Crippen LogP contribution in [0.15, 0.2) is 36.0 Å². The molecule has 0 bridgehead atoms. The van der Waals surface area contributed by atoms with Crippen LogP contribution in [0.4, 0.5) is 5.69 Å². The monoisotopic (exact) mass is 328 g/mol. The van der Waals surface area contributed by atoms with Gasteiger partial charge < -0.3 is 15.0 Å². The van der Waals surface area contributed by atoms with E-state index in [2.05, 4.69) is 11.4 Å². The number of ether oxygens (including phenoxy) is 1. The molecule has 1 fully saturated rings. The van der Waals surface area contributed by atoms with Crippen molar-refractivity contribution in [3.8, 4) is 5.75 Å². The Hall–Kier alpha value is -2.30. The fraction of sp³-hybridized carbons (Fsp3) is 0.474. The summed E-state index contributed by atoms with van der Waals surface area (Å²) in [6.45, 7) is 2.58. The molecule has 1 heterocycles. The van der Waals surface area contributed by atoms with E-state index in [1.54, 1.807) is 12.0 Å². The third-order valence-electron chi connectivity index (χ3n) is 5.09. The van der Waals surface area contributed by atoms with Crippen molar-refractivity contribution in [2.24, 2.45) is 5.41 Å². The molecule has 2 amide bonds. The standard InChI is InChI=1S/C19H24N2O3/c1-3-21-16-6-4-5-12-19(16,13-11-17(21)22)18(23)20-14-7-9-15(24-2)10-8-14/h6-10H,3-5,11-13H2,1-2H3,(H,20,23). The van der Waals surface area contributed by atoms with Crippen molar-refractivity contribution in [3.63, 3.8) is 0 Å². The first kappa shape index (κ1) is 16.6. The van der Waals surface area contributed by atoms with Gasteiger partial charge in [-0.3, -0.25) is 9.59 Å². The molecule has 1 aromatic rings. The number of hydrogen-bond donors (Lipinski definition) is 1. The number of rotatable bonds is 4. The van der Waals surface area contributed by atoms with Gasteiger partial charge in [0.25, 0.3) is 0 Å². The Balaban J connectivity index is 1.86. The number of fused-ring (bicyclic) bond motifs is 1. The van der Waals surface area contributed by atoms with Gasteiger partial charge in [-0.2, -0.15) is 0 Å². The number of carbonyl (C=O) groups is 2. The lowest BCUT2D eigenvalue weighted by Crippen LogP contribution is -2.51. The average Bonchev–Trinajstić information content (AvgIpc) is 2.62. The third kappa shape index (κ3) is 2.79. The van der Waals surface area contributed by atoms with Gasteiger partial charge in [0.2, 0.25) is 11.8 Å². The topological polar surface area (TPSA) is 58.6 Å². The second kappa shape index (κ2) is 6.67. The minimum atomic E-state index is -0.581. The summed E-state index contributed by atoms with van der Waals surface area (Å²) in [5.74, 6) is 0.868. The van der Waals surface area contributed by atoms with E-state index in [-0.39, 0.29) is 11.8 Å². The molecule has 1 atom stereocenters. The lowest BCUT2D eigenvalue weighted by Gasteiger charge is -2.45. The van der Waals surface area contributed by atoms with Gasteiger partial charge in [0.1, 0.15) is 5.75 Å². The molecule has 1 unspecified atom stereocenters. The largest absolute Gasteiger partial charge is 0.497 e. The minimum absolute atomic E-state index is 0.00966. The maximum Gasteiger partial charge on any atom is 0.236 e. The number of amides is 2.